The molecule has 0 saturated carbocycles. The van der Waals surface area contributed by atoms with Crippen LogP contribution in [-0.2, 0) is 4.79 Å². The van der Waals surface area contributed by atoms with Gasteiger partial charge in [-0.15, -0.1) is 0 Å². The van der Waals surface area contributed by atoms with Crippen LogP contribution in [0.25, 0.3) is 11.6 Å². The number of hydrogen-bond acceptors (Lipinski definition) is 3. The maximum Gasteiger partial charge on any atom is 0.344 e. The molecule has 2 aromatic carbocycles. The molecule has 90 valence electrons. The van der Waals surface area contributed by atoms with Crippen molar-refractivity contribution < 1.29 is 9.53 Å². The van der Waals surface area contributed by atoms with Gasteiger partial charge in [-0.1, -0.05) is 30.3 Å². The number of carbonyl (C=O) groups is 1. The molecular formula is C16H9NO2. The number of nitrogens with zero attached hydrogens (tertiary/aromatic N) is 1. The summed E-state index contributed by atoms with van der Waals surface area (Å²) < 4.78 is 5.17. The minimum Gasteiger partial charge on any atom is -0.422 e. The van der Waals surface area contributed by atoms with E-state index in [0.29, 0.717) is 22.4 Å². The van der Waals surface area contributed by atoms with Crippen molar-refractivity contribution in [3.8, 4) is 11.8 Å². The second-order valence-electron chi connectivity index (χ2n) is 4.18. The summed E-state index contributed by atoms with van der Waals surface area (Å²) >= 11 is 0. The number of carbonyl (C=O) groups excluding carboxylic acids is 1. The van der Waals surface area contributed by atoms with Crippen LogP contribution in [0, 0.1) is 11.3 Å². The Morgan fingerprint density at radius 3 is 2.63 bits per heavy atom. The van der Waals surface area contributed by atoms with E-state index in [2.05, 4.69) is 6.07 Å². The van der Waals surface area contributed by atoms with Crippen molar-refractivity contribution >= 4 is 17.6 Å². The van der Waals surface area contributed by atoms with Crippen LogP contribution < -0.4 is 4.74 Å². The molecule has 0 N–H and O–H groups in total. The molecule has 0 saturated heterocycles. The topological polar surface area (TPSA) is 50.1 Å². The zero-order chi connectivity index (χ0) is 13.2. The van der Waals surface area contributed by atoms with E-state index in [1.54, 1.807) is 24.3 Å². The van der Waals surface area contributed by atoms with E-state index in [1.165, 1.54) is 0 Å². The number of rotatable bonds is 1. The molecule has 1 aliphatic heterocycles. The fraction of sp³-hybridized carbons (Fsp3) is 0. The molecule has 19 heavy (non-hydrogen) atoms. The average Bonchev–Trinajstić information content (AvgIpc) is 2.76. The number of ether oxygens (including phenoxy) is 1. The minimum atomic E-state index is -0.381. The van der Waals surface area contributed by atoms with Gasteiger partial charge < -0.3 is 4.74 Å². The van der Waals surface area contributed by atoms with Gasteiger partial charge in [0.2, 0.25) is 0 Å². The molecule has 3 rings (SSSR count). The van der Waals surface area contributed by atoms with E-state index in [-0.39, 0.29) is 5.97 Å². The van der Waals surface area contributed by atoms with Crippen LogP contribution >= 0.6 is 0 Å². The highest BCUT2D eigenvalue weighted by atomic mass is 16.5. The van der Waals surface area contributed by atoms with Crippen LogP contribution in [0.1, 0.15) is 16.7 Å². The molecule has 0 atom stereocenters. The second kappa shape index (κ2) is 4.43. The maximum absolute atomic E-state index is 11.9. The smallest absolute Gasteiger partial charge is 0.344 e. The van der Waals surface area contributed by atoms with E-state index >= 15 is 0 Å². The summed E-state index contributed by atoms with van der Waals surface area (Å²) in [7, 11) is 0. The monoisotopic (exact) mass is 247 g/mol. The Bertz CT molecular complexity index is 724. The molecule has 0 radical (unpaired) electrons. The summed E-state index contributed by atoms with van der Waals surface area (Å²) in [4.78, 5) is 11.9. The van der Waals surface area contributed by atoms with Crippen LogP contribution in [0.2, 0.25) is 0 Å². The molecular weight excluding hydrogens is 238 g/mol. The first-order chi connectivity index (χ1) is 9.28. The first kappa shape index (κ1) is 11.2. The fourth-order valence-corrected chi connectivity index (χ4v) is 2.02. The summed E-state index contributed by atoms with van der Waals surface area (Å²) in [6.07, 6.45) is 1.77. The zero-order valence-electron chi connectivity index (χ0n) is 9.96. The first-order valence-electron chi connectivity index (χ1n) is 5.81. The van der Waals surface area contributed by atoms with Gasteiger partial charge in [-0.05, 0) is 29.8 Å². The van der Waals surface area contributed by atoms with Crippen LogP contribution in [0.3, 0.4) is 0 Å². The molecule has 1 heterocycles. The van der Waals surface area contributed by atoms with Crippen molar-refractivity contribution in [3.63, 3.8) is 0 Å². The van der Waals surface area contributed by atoms with Gasteiger partial charge in [0.1, 0.15) is 5.75 Å². The van der Waals surface area contributed by atoms with Crippen LogP contribution in [-0.4, -0.2) is 5.97 Å². The lowest BCUT2D eigenvalue weighted by atomic mass is 10.0. The number of hydrogen-bond donors (Lipinski definition) is 0. The summed E-state index contributed by atoms with van der Waals surface area (Å²) in [5, 5.41) is 8.92. The molecule has 0 amide bonds. The largest absolute Gasteiger partial charge is 0.422 e. The molecule has 0 aliphatic carbocycles. The highest BCUT2D eigenvalue weighted by Crippen LogP contribution is 2.35. The standard InChI is InChI=1S/C16H9NO2/c17-10-12-6-7-15-13(9-12)14(16(18)19-15)8-11-4-2-1-3-5-11/h1-9H. The van der Waals surface area contributed by atoms with Gasteiger partial charge in [0.05, 0.1) is 17.2 Å². The SMILES string of the molecule is N#Cc1ccc2c(c1)C(=Cc1ccccc1)C(=O)O2. The summed E-state index contributed by atoms with van der Waals surface area (Å²) in [6, 6.07) is 16.6. The van der Waals surface area contributed by atoms with E-state index in [1.807, 2.05) is 30.3 Å². The van der Waals surface area contributed by atoms with Crippen molar-refractivity contribution in [2.45, 2.75) is 0 Å². The lowest BCUT2D eigenvalue weighted by Crippen LogP contribution is -2.00. The molecule has 0 spiro atoms. The van der Waals surface area contributed by atoms with E-state index in [4.69, 9.17) is 10.00 Å². The Labute approximate surface area is 110 Å². The molecule has 0 aromatic heterocycles. The van der Waals surface area contributed by atoms with Gasteiger partial charge in [-0.2, -0.15) is 5.26 Å². The Balaban J connectivity index is 2.12. The second-order valence-corrected chi connectivity index (χ2v) is 4.18. The first-order valence-corrected chi connectivity index (χ1v) is 5.81. The Hall–Kier alpha value is -2.86. The molecule has 1 aliphatic rings. The predicted octanol–water partition coefficient (Wildman–Crippen LogP) is 3.02. The lowest BCUT2D eigenvalue weighted by Gasteiger charge is -1.97. The van der Waals surface area contributed by atoms with Crippen LogP contribution in [0.4, 0.5) is 0 Å². The van der Waals surface area contributed by atoms with Gasteiger partial charge in [-0.25, -0.2) is 4.79 Å². The highest BCUT2D eigenvalue weighted by molar-refractivity contribution is 6.26. The number of benzene rings is 2. The molecule has 3 nitrogen and oxygen atoms in total. The summed E-state index contributed by atoms with van der Waals surface area (Å²) in [6.45, 7) is 0. The van der Waals surface area contributed by atoms with Crippen molar-refractivity contribution in [2.24, 2.45) is 0 Å². The van der Waals surface area contributed by atoms with Gasteiger partial charge in [0.15, 0.2) is 0 Å². The van der Waals surface area contributed by atoms with E-state index in [0.717, 1.165) is 5.56 Å². The quantitative estimate of drug-likeness (QED) is 0.442. The summed E-state index contributed by atoms with van der Waals surface area (Å²) in [5.74, 6) is 0.125. The highest BCUT2D eigenvalue weighted by Gasteiger charge is 2.26. The van der Waals surface area contributed by atoms with Crippen LogP contribution in [0.15, 0.2) is 48.5 Å². The Kier molecular flexibility index (Phi) is 2.62. The lowest BCUT2D eigenvalue weighted by molar-refractivity contribution is -0.126. The molecule has 0 bridgehead atoms. The maximum atomic E-state index is 11.9. The van der Waals surface area contributed by atoms with Crippen molar-refractivity contribution in [3.05, 3.63) is 65.2 Å². The van der Waals surface area contributed by atoms with Crippen molar-refractivity contribution in [1.29, 1.82) is 5.26 Å². The van der Waals surface area contributed by atoms with Gasteiger partial charge >= 0.3 is 5.97 Å². The Morgan fingerprint density at radius 1 is 1.11 bits per heavy atom. The van der Waals surface area contributed by atoms with E-state index < -0.39 is 0 Å². The third-order valence-corrected chi connectivity index (χ3v) is 2.93. The zero-order valence-corrected chi connectivity index (χ0v) is 9.96. The number of fused-ring (bicyclic) bond motifs is 1. The fourth-order valence-electron chi connectivity index (χ4n) is 2.02. The van der Waals surface area contributed by atoms with E-state index in [9.17, 15) is 4.79 Å². The van der Waals surface area contributed by atoms with Crippen molar-refractivity contribution in [2.75, 3.05) is 0 Å². The number of esters is 1. The van der Waals surface area contributed by atoms with Gasteiger partial charge in [0.25, 0.3) is 0 Å². The minimum absolute atomic E-state index is 0.381. The van der Waals surface area contributed by atoms with Gasteiger partial charge in [0, 0.05) is 5.56 Å². The molecule has 2 aromatic rings. The molecule has 0 fully saturated rings. The number of nitriles is 1. The normalized spacial score (nSPS) is 14.9. The van der Waals surface area contributed by atoms with Gasteiger partial charge in [-0.3, -0.25) is 0 Å². The molecule has 0 unspecified atom stereocenters. The average molecular weight is 247 g/mol. The summed E-state index contributed by atoms with van der Waals surface area (Å²) in [5.41, 5.74) is 2.59. The molecule has 3 heteroatoms. The Morgan fingerprint density at radius 2 is 1.89 bits per heavy atom. The third kappa shape index (κ3) is 2.00. The van der Waals surface area contributed by atoms with Crippen LogP contribution in [0.5, 0.6) is 5.75 Å². The predicted molar refractivity (Wildman–Crippen MR) is 71.1 cm³/mol. The third-order valence-electron chi connectivity index (χ3n) is 2.93. The van der Waals surface area contributed by atoms with Crippen molar-refractivity contribution in [1.82, 2.24) is 0 Å².